The minimum Gasteiger partial charge on any atom is -0.393 e. The first-order chi connectivity index (χ1) is 7.78. The number of aliphatic hydroxyl groups excluding tert-OH is 1. The Morgan fingerprint density at radius 2 is 2.00 bits per heavy atom. The molecular formula is C14H20ClFO. The normalized spacial score (nSPS) is 13.8. The first-order valence-corrected chi connectivity index (χ1v) is 6.28. The van der Waals surface area contributed by atoms with Gasteiger partial charge in [-0.05, 0) is 42.4 Å². The predicted octanol–water partition coefficient (Wildman–Crippen LogP) is 4.21. The summed E-state index contributed by atoms with van der Waals surface area (Å²) in [6.07, 6.45) is 1.75. The van der Waals surface area contributed by atoms with Crippen molar-refractivity contribution >= 4 is 11.6 Å². The summed E-state index contributed by atoms with van der Waals surface area (Å²) in [6.45, 7) is 6.43. The van der Waals surface area contributed by atoms with Crippen molar-refractivity contribution in [3.8, 4) is 0 Å². The number of hydrogen-bond donors (Lipinski definition) is 1. The molecule has 1 N–H and O–H groups in total. The molecule has 0 fully saturated rings. The Bertz CT molecular complexity index is 371. The molecule has 0 spiro atoms. The molecule has 1 rings (SSSR count). The van der Waals surface area contributed by atoms with Crippen LogP contribution in [0.25, 0.3) is 0 Å². The van der Waals surface area contributed by atoms with Crippen LogP contribution >= 0.6 is 11.6 Å². The van der Waals surface area contributed by atoms with E-state index in [0.29, 0.717) is 11.4 Å². The highest BCUT2D eigenvalue weighted by molar-refractivity contribution is 6.31. The van der Waals surface area contributed by atoms with E-state index in [4.69, 9.17) is 11.6 Å². The fraction of sp³-hybridized carbons (Fsp3) is 0.571. The number of benzene rings is 1. The number of rotatable bonds is 4. The molecule has 0 bridgehead atoms. The number of halogens is 2. The number of hydrogen-bond acceptors (Lipinski definition) is 1. The molecule has 0 saturated heterocycles. The first-order valence-electron chi connectivity index (χ1n) is 5.90. The fourth-order valence-electron chi connectivity index (χ4n) is 1.64. The van der Waals surface area contributed by atoms with Crippen LogP contribution in [0.5, 0.6) is 0 Å². The largest absolute Gasteiger partial charge is 0.393 e. The molecular weight excluding hydrogens is 239 g/mol. The van der Waals surface area contributed by atoms with Crippen LogP contribution in [-0.4, -0.2) is 11.2 Å². The van der Waals surface area contributed by atoms with Gasteiger partial charge in [-0.2, -0.15) is 0 Å². The van der Waals surface area contributed by atoms with Gasteiger partial charge in [0.05, 0.1) is 6.10 Å². The van der Waals surface area contributed by atoms with E-state index in [1.165, 1.54) is 12.1 Å². The Hall–Kier alpha value is -0.600. The van der Waals surface area contributed by atoms with Gasteiger partial charge in [0.2, 0.25) is 0 Å². The van der Waals surface area contributed by atoms with Gasteiger partial charge < -0.3 is 5.11 Å². The molecule has 1 aromatic carbocycles. The highest BCUT2D eigenvalue weighted by atomic mass is 35.5. The standard InChI is InChI=1S/C14H20ClFO/c1-14(2,3)7-6-12(17)8-10-4-5-11(16)9-13(10)15/h4-5,9,12,17H,6-8H2,1-3H3. The summed E-state index contributed by atoms with van der Waals surface area (Å²) in [6, 6.07) is 4.29. The highest BCUT2D eigenvalue weighted by Gasteiger charge is 2.15. The van der Waals surface area contributed by atoms with Crippen LogP contribution in [0.4, 0.5) is 4.39 Å². The third-order valence-corrected chi connectivity index (χ3v) is 3.05. The molecule has 1 aromatic rings. The average Bonchev–Trinajstić information content (AvgIpc) is 2.18. The molecule has 1 nitrogen and oxygen atoms in total. The lowest BCUT2D eigenvalue weighted by molar-refractivity contribution is 0.146. The molecule has 0 radical (unpaired) electrons. The molecule has 1 unspecified atom stereocenters. The lowest BCUT2D eigenvalue weighted by Gasteiger charge is -2.20. The van der Waals surface area contributed by atoms with Crippen LogP contribution in [0.3, 0.4) is 0 Å². The van der Waals surface area contributed by atoms with Gasteiger partial charge in [0.25, 0.3) is 0 Å². The zero-order chi connectivity index (χ0) is 13.1. The maximum absolute atomic E-state index is 12.8. The van der Waals surface area contributed by atoms with E-state index in [2.05, 4.69) is 20.8 Å². The Morgan fingerprint density at radius 3 is 2.53 bits per heavy atom. The van der Waals surface area contributed by atoms with E-state index >= 15 is 0 Å². The summed E-state index contributed by atoms with van der Waals surface area (Å²) in [5.74, 6) is -0.345. The van der Waals surface area contributed by atoms with Gasteiger partial charge >= 0.3 is 0 Å². The molecule has 1 atom stereocenters. The summed E-state index contributed by atoms with van der Waals surface area (Å²) in [4.78, 5) is 0. The maximum Gasteiger partial charge on any atom is 0.124 e. The van der Waals surface area contributed by atoms with Crippen LogP contribution < -0.4 is 0 Å². The molecule has 0 aliphatic heterocycles. The first kappa shape index (κ1) is 14.5. The molecule has 0 saturated carbocycles. The zero-order valence-electron chi connectivity index (χ0n) is 10.6. The second-order valence-corrected chi connectivity index (χ2v) is 6.10. The lowest BCUT2D eigenvalue weighted by atomic mass is 9.88. The van der Waals surface area contributed by atoms with E-state index in [1.54, 1.807) is 6.07 Å². The minimum atomic E-state index is -0.419. The van der Waals surface area contributed by atoms with Crippen molar-refractivity contribution in [2.45, 2.75) is 46.1 Å². The van der Waals surface area contributed by atoms with Crippen molar-refractivity contribution in [2.24, 2.45) is 5.41 Å². The maximum atomic E-state index is 12.8. The van der Waals surface area contributed by atoms with Crippen molar-refractivity contribution in [1.82, 2.24) is 0 Å². The van der Waals surface area contributed by atoms with Gasteiger partial charge in [0, 0.05) is 5.02 Å². The van der Waals surface area contributed by atoms with Gasteiger partial charge in [-0.25, -0.2) is 4.39 Å². The average molecular weight is 259 g/mol. The SMILES string of the molecule is CC(C)(C)CCC(O)Cc1ccc(F)cc1Cl. The third-order valence-electron chi connectivity index (χ3n) is 2.70. The van der Waals surface area contributed by atoms with Crippen LogP contribution in [-0.2, 0) is 6.42 Å². The van der Waals surface area contributed by atoms with Gasteiger partial charge in [-0.1, -0.05) is 38.4 Å². The highest BCUT2D eigenvalue weighted by Crippen LogP contribution is 2.24. The van der Waals surface area contributed by atoms with Crippen LogP contribution in [0.1, 0.15) is 39.2 Å². The van der Waals surface area contributed by atoms with Crippen LogP contribution in [0.2, 0.25) is 5.02 Å². The summed E-state index contributed by atoms with van der Waals surface area (Å²) >= 11 is 5.91. The molecule has 0 amide bonds. The van der Waals surface area contributed by atoms with Crippen molar-refractivity contribution < 1.29 is 9.50 Å². The molecule has 0 aromatic heterocycles. The summed E-state index contributed by atoms with van der Waals surface area (Å²) < 4.78 is 12.8. The predicted molar refractivity (Wildman–Crippen MR) is 69.8 cm³/mol. The second kappa shape index (κ2) is 5.83. The monoisotopic (exact) mass is 258 g/mol. The Kier molecular flexibility index (Phi) is 4.96. The summed E-state index contributed by atoms with van der Waals surface area (Å²) in [7, 11) is 0. The Morgan fingerprint density at radius 1 is 1.35 bits per heavy atom. The van der Waals surface area contributed by atoms with Crippen molar-refractivity contribution in [2.75, 3.05) is 0 Å². The second-order valence-electron chi connectivity index (χ2n) is 5.69. The van der Waals surface area contributed by atoms with Gasteiger partial charge in [-0.15, -0.1) is 0 Å². The molecule has 0 aliphatic rings. The summed E-state index contributed by atoms with van der Waals surface area (Å²) in [5.41, 5.74) is 1.02. The smallest absolute Gasteiger partial charge is 0.124 e. The van der Waals surface area contributed by atoms with Gasteiger partial charge in [0.1, 0.15) is 5.82 Å². The molecule has 0 aliphatic carbocycles. The Labute approximate surface area is 108 Å². The quantitative estimate of drug-likeness (QED) is 0.858. The summed E-state index contributed by atoms with van der Waals surface area (Å²) in [5, 5.41) is 10.3. The van der Waals surface area contributed by atoms with Crippen LogP contribution in [0.15, 0.2) is 18.2 Å². The van der Waals surface area contributed by atoms with E-state index in [-0.39, 0.29) is 11.2 Å². The van der Waals surface area contributed by atoms with Crippen molar-refractivity contribution in [1.29, 1.82) is 0 Å². The van der Waals surface area contributed by atoms with Crippen LogP contribution in [0, 0.1) is 11.2 Å². The van der Waals surface area contributed by atoms with Gasteiger partial charge in [0.15, 0.2) is 0 Å². The lowest BCUT2D eigenvalue weighted by Crippen LogP contribution is -2.15. The third kappa shape index (κ3) is 5.51. The topological polar surface area (TPSA) is 20.2 Å². The van der Waals surface area contributed by atoms with E-state index in [9.17, 15) is 9.50 Å². The van der Waals surface area contributed by atoms with E-state index in [0.717, 1.165) is 18.4 Å². The van der Waals surface area contributed by atoms with E-state index < -0.39 is 6.10 Å². The minimum absolute atomic E-state index is 0.216. The Balaban J connectivity index is 2.53. The van der Waals surface area contributed by atoms with Crippen molar-refractivity contribution in [3.63, 3.8) is 0 Å². The molecule has 17 heavy (non-hydrogen) atoms. The molecule has 96 valence electrons. The van der Waals surface area contributed by atoms with Crippen molar-refractivity contribution in [3.05, 3.63) is 34.6 Å². The zero-order valence-corrected chi connectivity index (χ0v) is 11.4. The van der Waals surface area contributed by atoms with Gasteiger partial charge in [-0.3, -0.25) is 0 Å². The molecule has 0 heterocycles. The number of aliphatic hydroxyl groups is 1. The molecule has 3 heteroatoms. The fourth-order valence-corrected chi connectivity index (χ4v) is 1.89. The van der Waals surface area contributed by atoms with E-state index in [1.807, 2.05) is 0 Å².